The zero-order valence-corrected chi connectivity index (χ0v) is 11.8. The highest BCUT2D eigenvalue weighted by Gasteiger charge is 2.15. The van der Waals surface area contributed by atoms with Gasteiger partial charge in [-0.15, -0.1) is 0 Å². The van der Waals surface area contributed by atoms with Gasteiger partial charge in [0, 0.05) is 11.6 Å². The molecule has 0 aliphatic heterocycles. The van der Waals surface area contributed by atoms with Gasteiger partial charge in [0.2, 0.25) is 0 Å². The third-order valence-electron chi connectivity index (χ3n) is 3.35. The van der Waals surface area contributed by atoms with Crippen molar-refractivity contribution in [3.8, 4) is 16.8 Å². The van der Waals surface area contributed by atoms with Gasteiger partial charge in [-0.05, 0) is 24.6 Å². The summed E-state index contributed by atoms with van der Waals surface area (Å²) in [6.45, 7) is 1.69. The molecule has 2 aromatic carbocycles. The molecule has 1 heterocycles. The number of rotatable bonds is 2. The molecule has 0 amide bonds. The Morgan fingerprint density at radius 3 is 2.23 bits per heavy atom. The van der Waals surface area contributed by atoms with Crippen molar-refractivity contribution >= 4 is 0 Å². The van der Waals surface area contributed by atoms with Crippen molar-refractivity contribution < 1.29 is 8.78 Å². The van der Waals surface area contributed by atoms with E-state index in [-0.39, 0.29) is 0 Å². The Balaban J connectivity index is 2.22. The van der Waals surface area contributed by atoms with Crippen LogP contribution >= 0.6 is 0 Å². The zero-order chi connectivity index (χ0) is 15.7. The Hall–Kier alpha value is -2.82. The number of halogens is 2. The molecule has 0 aliphatic carbocycles. The molecular formula is C17H12F2N2O. The fourth-order valence-electron chi connectivity index (χ4n) is 2.30. The first-order valence-corrected chi connectivity index (χ1v) is 6.68. The number of aromatic nitrogens is 2. The van der Waals surface area contributed by atoms with E-state index in [2.05, 4.69) is 5.10 Å². The van der Waals surface area contributed by atoms with Crippen LogP contribution in [0.15, 0.2) is 59.4 Å². The van der Waals surface area contributed by atoms with E-state index in [1.807, 2.05) is 30.3 Å². The van der Waals surface area contributed by atoms with E-state index in [0.29, 0.717) is 11.3 Å². The second-order valence-corrected chi connectivity index (χ2v) is 4.83. The third-order valence-corrected chi connectivity index (χ3v) is 3.35. The zero-order valence-electron chi connectivity index (χ0n) is 11.8. The first-order chi connectivity index (χ1) is 10.6. The largest absolute Gasteiger partial charge is 0.272 e. The Kier molecular flexibility index (Phi) is 3.55. The summed E-state index contributed by atoms with van der Waals surface area (Å²) in [5.41, 5.74) is 0.918. The van der Waals surface area contributed by atoms with Crippen molar-refractivity contribution in [2.45, 2.75) is 6.92 Å². The van der Waals surface area contributed by atoms with Crippen LogP contribution in [0.1, 0.15) is 5.69 Å². The van der Waals surface area contributed by atoms with Crippen LogP contribution in [-0.2, 0) is 0 Å². The van der Waals surface area contributed by atoms with Gasteiger partial charge in [0.05, 0.1) is 5.69 Å². The molecular weight excluding hydrogens is 286 g/mol. The summed E-state index contributed by atoms with van der Waals surface area (Å²) < 4.78 is 28.4. The Morgan fingerprint density at radius 1 is 0.955 bits per heavy atom. The molecule has 0 bridgehead atoms. The molecule has 3 nitrogen and oxygen atoms in total. The molecule has 0 N–H and O–H groups in total. The lowest BCUT2D eigenvalue weighted by atomic mass is 10.1. The van der Waals surface area contributed by atoms with Gasteiger partial charge in [0.25, 0.3) is 5.56 Å². The summed E-state index contributed by atoms with van der Waals surface area (Å²) in [6, 6.07) is 14.0. The highest BCUT2D eigenvalue weighted by molar-refractivity contribution is 5.65. The second-order valence-electron chi connectivity index (χ2n) is 4.83. The van der Waals surface area contributed by atoms with E-state index in [1.54, 1.807) is 6.92 Å². The van der Waals surface area contributed by atoms with Crippen molar-refractivity contribution in [3.05, 3.63) is 82.3 Å². The van der Waals surface area contributed by atoms with E-state index in [1.165, 1.54) is 12.1 Å². The molecule has 3 aromatic rings. The van der Waals surface area contributed by atoms with E-state index in [9.17, 15) is 13.6 Å². The van der Waals surface area contributed by atoms with Gasteiger partial charge in [-0.25, -0.2) is 8.78 Å². The predicted octanol–water partition coefficient (Wildman–Crippen LogP) is 3.49. The average Bonchev–Trinajstić information content (AvgIpc) is 2.51. The molecule has 0 fully saturated rings. The highest BCUT2D eigenvalue weighted by Crippen LogP contribution is 2.21. The maximum absolute atomic E-state index is 13.8. The van der Waals surface area contributed by atoms with E-state index >= 15 is 0 Å². The summed E-state index contributed by atoms with van der Waals surface area (Å²) in [6.07, 6.45) is 0. The van der Waals surface area contributed by atoms with Crippen LogP contribution in [0.2, 0.25) is 0 Å². The second kappa shape index (κ2) is 5.52. The number of hydrogen-bond donors (Lipinski definition) is 0. The minimum absolute atomic E-state index is 0.463. The van der Waals surface area contributed by atoms with Crippen molar-refractivity contribution in [2.75, 3.05) is 0 Å². The molecule has 0 saturated heterocycles. The molecule has 0 saturated carbocycles. The first kappa shape index (κ1) is 14.1. The maximum Gasteiger partial charge on any atom is 0.272 e. The van der Waals surface area contributed by atoms with E-state index in [4.69, 9.17) is 0 Å². The molecule has 1 aromatic heterocycles. The molecule has 0 spiro atoms. The van der Waals surface area contributed by atoms with Gasteiger partial charge in [0.1, 0.15) is 5.69 Å². The molecule has 3 rings (SSSR count). The quantitative estimate of drug-likeness (QED) is 0.726. The fourth-order valence-corrected chi connectivity index (χ4v) is 2.30. The number of aryl methyl sites for hydroxylation is 1. The van der Waals surface area contributed by atoms with Crippen LogP contribution in [0.4, 0.5) is 8.78 Å². The summed E-state index contributed by atoms with van der Waals surface area (Å²) in [5, 5.41) is 4.07. The standard InChI is InChI=1S/C17H12F2N2O/c1-11-13(12-6-3-2-4-7-12)10-16(22)21(20-11)17-14(18)8-5-9-15(17)19/h2-10H,1H3. The molecule has 5 heteroatoms. The van der Waals surface area contributed by atoms with E-state index in [0.717, 1.165) is 22.4 Å². The maximum atomic E-state index is 13.8. The Labute approximate surface area is 125 Å². The van der Waals surface area contributed by atoms with Crippen LogP contribution < -0.4 is 5.56 Å². The highest BCUT2D eigenvalue weighted by atomic mass is 19.1. The van der Waals surface area contributed by atoms with Crippen molar-refractivity contribution in [3.63, 3.8) is 0 Å². The van der Waals surface area contributed by atoms with Gasteiger partial charge in [-0.2, -0.15) is 9.78 Å². The van der Waals surface area contributed by atoms with Crippen LogP contribution in [0, 0.1) is 18.6 Å². The SMILES string of the molecule is Cc1nn(-c2c(F)cccc2F)c(=O)cc1-c1ccccc1. The summed E-state index contributed by atoms with van der Waals surface area (Å²) in [7, 11) is 0. The number of hydrogen-bond acceptors (Lipinski definition) is 2. The van der Waals surface area contributed by atoms with Crippen molar-refractivity contribution in [2.24, 2.45) is 0 Å². The first-order valence-electron chi connectivity index (χ1n) is 6.68. The molecule has 0 aliphatic rings. The van der Waals surface area contributed by atoms with Crippen LogP contribution in [0.3, 0.4) is 0 Å². The van der Waals surface area contributed by atoms with Crippen LogP contribution in [-0.4, -0.2) is 9.78 Å². The van der Waals surface area contributed by atoms with Crippen LogP contribution in [0.25, 0.3) is 16.8 Å². The van der Waals surface area contributed by atoms with Gasteiger partial charge in [0.15, 0.2) is 11.6 Å². The molecule has 22 heavy (non-hydrogen) atoms. The minimum atomic E-state index is -0.832. The normalized spacial score (nSPS) is 10.7. The van der Waals surface area contributed by atoms with Gasteiger partial charge in [-0.1, -0.05) is 36.4 Å². The summed E-state index contributed by atoms with van der Waals surface area (Å²) in [5.74, 6) is -1.66. The smallest absolute Gasteiger partial charge is 0.267 e. The number of nitrogens with zero attached hydrogens (tertiary/aromatic N) is 2. The van der Waals surface area contributed by atoms with Gasteiger partial charge >= 0.3 is 0 Å². The monoisotopic (exact) mass is 298 g/mol. The van der Waals surface area contributed by atoms with E-state index < -0.39 is 22.9 Å². The summed E-state index contributed by atoms with van der Waals surface area (Å²) >= 11 is 0. The topological polar surface area (TPSA) is 34.9 Å². The molecule has 0 atom stereocenters. The lowest BCUT2D eigenvalue weighted by Crippen LogP contribution is -2.23. The summed E-state index contributed by atoms with van der Waals surface area (Å²) in [4.78, 5) is 12.2. The van der Waals surface area contributed by atoms with Crippen molar-refractivity contribution in [1.29, 1.82) is 0 Å². The molecule has 110 valence electrons. The predicted molar refractivity (Wildman–Crippen MR) is 79.9 cm³/mol. The third kappa shape index (κ3) is 2.41. The average molecular weight is 298 g/mol. The molecule has 0 unspecified atom stereocenters. The lowest BCUT2D eigenvalue weighted by Gasteiger charge is -2.11. The number of benzene rings is 2. The Morgan fingerprint density at radius 2 is 1.59 bits per heavy atom. The van der Waals surface area contributed by atoms with Gasteiger partial charge < -0.3 is 0 Å². The van der Waals surface area contributed by atoms with Gasteiger partial charge in [-0.3, -0.25) is 4.79 Å². The Bertz CT molecular complexity index is 869. The molecule has 0 radical (unpaired) electrons. The van der Waals surface area contributed by atoms with Crippen LogP contribution in [0.5, 0.6) is 0 Å². The van der Waals surface area contributed by atoms with Crippen molar-refractivity contribution in [1.82, 2.24) is 9.78 Å². The number of para-hydroxylation sites is 1. The fraction of sp³-hybridized carbons (Fsp3) is 0.0588. The lowest BCUT2D eigenvalue weighted by molar-refractivity contribution is 0.553. The minimum Gasteiger partial charge on any atom is -0.267 e.